The molecule has 1 fully saturated rings. The van der Waals surface area contributed by atoms with Gasteiger partial charge in [0.05, 0.1) is 10.5 Å². The lowest BCUT2D eigenvalue weighted by Gasteiger charge is -2.28. The number of halogens is 1. The maximum Gasteiger partial charge on any atom is 0.338 e. The first-order valence-corrected chi connectivity index (χ1v) is 9.66. The van der Waals surface area contributed by atoms with Crippen molar-refractivity contribution in [3.8, 4) is 0 Å². The van der Waals surface area contributed by atoms with Gasteiger partial charge in [-0.15, -0.1) is 0 Å². The number of amides is 1. The molecule has 2 aromatic rings. The average molecular weight is 415 g/mol. The van der Waals surface area contributed by atoms with Crippen molar-refractivity contribution in [1.29, 1.82) is 0 Å². The van der Waals surface area contributed by atoms with E-state index in [1.807, 2.05) is 4.90 Å². The van der Waals surface area contributed by atoms with Crippen molar-refractivity contribution in [2.75, 3.05) is 24.6 Å². The van der Waals surface area contributed by atoms with E-state index in [-0.39, 0.29) is 17.8 Å². The van der Waals surface area contributed by atoms with E-state index >= 15 is 0 Å². The zero-order chi connectivity index (χ0) is 21.5. The highest BCUT2D eigenvalue weighted by Crippen LogP contribution is 2.31. The van der Waals surface area contributed by atoms with E-state index in [0.29, 0.717) is 11.3 Å². The van der Waals surface area contributed by atoms with Crippen LogP contribution in [0.3, 0.4) is 0 Å². The average Bonchev–Trinajstić information content (AvgIpc) is 2.77. The van der Waals surface area contributed by atoms with E-state index in [0.717, 1.165) is 32.4 Å². The number of nitrogens with one attached hydrogen (secondary N) is 1. The third-order valence-corrected chi connectivity index (χ3v) is 4.87. The van der Waals surface area contributed by atoms with Gasteiger partial charge in [0.1, 0.15) is 11.5 Å². The molecule has 9 heteroatoms. The quantitative estimate of drug-likeness (QED) is 0.423. The Morgan fingerprint density at radius 1 is 1.13 bits per heavy atom. The predicted molar refractivity (Wildman–Crippen MR) is 108 cm³/mol. The Bertz CT molecular complexity index is 944. The van der Waals surface area contributed by atoms with Crippen LogP contribution in [-0.2, 0) is 16.1 Å². The number of nitro groups is 1. The molecule has 3 rings (SSSR count). The van der Waals surface area contributed by atoms with Crippen molar-refractivity contribution in [3.05, 3.63) is 69.5 Å². The monoisotopic (exact) mass is 415 g/mol. The first-order valence-electron chi connectivity index (χ1n) is 9.66. The lowest BCUT2D eigenvalue weighted by atomic mass is 10.1. The van der Waals surface area contributed by atoms with Crippen molar-refractivity contribution in [2.45, 2.75) is 25.8 Å². The van der Waals surface area contributed by atoms with Gasteiger partial charge in [-0.05, 0) is 37.5 Å². The summed E-state index contributed by atoms with van der Waals surface area (Å²) in [5.41, 5.74) is 0.597. The molecule has 1 amide bonds. The van der Waals surface area contributed by atoms with Gasteiger partial charge in [-0.3, -0.25) is 14.9 Å². The van der Waals surface area contributed by atoms with Gasteiger partial charge in [0.25, 0.3) is 11.6 Å². The summed E-state index contributed by atoms with van der Waals surface area (Å²) in [6, 6.07) is 10.2. The zero-order valence-corrected chi connectivity index (χ0v) is 16.3. The summed E-state index contributed by atoms with van der Waals surface area (Å²) in [6.45, 7) is 0.841. The van der Waals surface area contributed by atoms with Crippen LogP contribution in [0, 0.1) is 15.9 Å². The van der Waals surface area contributed by atoms with Crippen LogP contribution in [0.2, 0.25) is 0 Å². The number of piperidine rings is 1. The molecular formula is C21H22FN3O5. The molecular weight excluding hydrogens is 393 g/mol. The fraction of sp³-hybridized carbons (Fsp3) is 0.333. The fourth-order valence-electron chi connectivity index (χ4n) is 3.30. The Morgan fingerprint density at radius 2 is 1.87 bits per heavy atom. The molecule has 0 spiro atoms. The van der Waals surface area contributed by atoms with E-state index in [2.05, 4.69) is 5.32 Å². The lowest BCUT2D eigenvalue weighted by molar-refractivity contribution is -0.384. The number of carbonyl (C=O) groups excluding carboxylic acids is 2. The second-order valence-corrected chi connectivity index (χ2v) is 6.95. The number of esters is 1. The van der Waals surface area contributed by atoms with Crippen LogP contribution in [0.15, 0.2) is 42.5 Å². The van der Waals surface area contributed by atoms with Crippen LogP contribution in [0.4, 0.5) is 15.8 Å². The zero-order valence-electron chi connectivity index (χ0n) is 16.3. The summed E-state index contributed by atoms with van der Waals surface area (Å²) >= 11 is 0. The number of anilines is 1. The van der Waals surface area contributed by atoms with Gasteiger partial charge < -0.3 is 15.0 Å². The van der Waals surface area contributed by atoms with Crippen molar-refractivity contribution in [3.63, 3.8) is 0 Å². The molecule has 1 N–H and O–H groups in total. The molecule has 0 saturated carbocycles. The predicted octanol–water partition coefficient (Wildman–Crippen LogP) is 3.20. The molecule has 1 heterocycles. The van der Waals surface area contributed by atoms with Crippen LogP contribution in [0.5, 0.6) is 0 Å². The molecule has 30 heavy (non-hydrogen) atoms. The normalized spacial score (nSPS) is 13.6. The smallest absolute Gasteiger partial charge is 0.338 e. The van der Waals surface area contributed by atoms with Crippen molar-refractivity contribution < 1.29 is 23.6 Å². The topological polar surface area (TPSA) is 102 Å². The molecule has 2 aromatic carbocycles. The van der Waals surface area contributed by atoms with Gasteiger partial charge in [-0.1, -0.05) is 18.2 Å². The fourth-order valence-corrected chi connectivity index (χ4v) is 3.30. The maximum absolute atomic E-state index is 13.6. The standard InChI is InChI=1S/C21H22FN3O5/c22-17-7-3-2-6-16(17)13-23-20(26)14-30-21(27)15-8-9-18(19(12-15)25(28)29)24-10-4-1-5-11-24/h2-3,6-9,12H,1,4-5,10-11,13-14H2,(H,23,26). The summed E-state index contributed by atoms with van der Waals surface area (Å²) < 4.78 is 18.5. The summed E-state index contributed by atoms with van der Waals surface area (Å²) in [5, 5.41) is 13.9. The first kappa shape index (κ1) is 21.2. The molecule has 0 bridgehead atoms. The number of nitrogens with zero attached hydrogens (tertiary/aromatic N) is 2. The summed E-state index contributed by atoms with van der Waals surface area (Å²) in [6.07, 6.45) is 3.01. The van der Waals surface area contributed by atoms with E-state index in [1.165, 1.54) is 36.4 Å². The number of hydrogen-bond donors (Lipinski definition) is 1. The van der Waals surface area contributed by atoms with Crippen LogP contribution >= 0.6 is 0 Å². The number of carbonyl (C=O) groups is 2. The Labute approximate surface area is 172 Å². The minimum Gasteiger partial charge on any atom is -0.452 e. The Hall–Kier alpha value is -3.49. The maximum atomic E-state index is 13.6. The largest absolute Gasteiger partial charge is 0.452 e. The molecule has 158 valence electrons. The Balaban J connectivity index is 1.59. The molecule has 1 aliphatic rings. The molecule has 1 saturated heterocycles. The number of nitro benzene ring substituents is 1. The summed E-state index contributed by atoms with van der Waals surface area (Å²) in [5.74, 6) is -1.90. The number of benzene rings is 2. The van der Waals surface area contributed by atoms with Crippen LogP contribution in [-0.4, -0.2) is 36.5 Å². The summed E-state index contributed by atoms with van der Waals surface area (Å²) in [4.78, 5) is 37.0. The molecule has 0 aromatic heterocycles. The molecule has 0 atom stereocenters. The first-order chi connectivity index (χ1) is 14.5. The highest BCUT2D eigenvalue weighted by atomic mass is 19.1. The minimum atomic E-state index is -0.843. The van der Waals surface area contributed by atoms with Gasteiger partial charge >= 0.3 is 5.97 Å². The third-order valence-electron chi connectivity index (χ3n) is 4.87. The van der Waals surface area contributed by atoms with Gasteiger partial charge in [0.2, 0.25) is 0 Å². The van der Waals surface area contributed by atoms with Crippen LogP contribution < -0.4 is 10.2 Å². The van der Waals surface area contributed by atoms with Crippen molar-refractivity contribution >= 4 is 23.3 Å². The van der Waals surface area contributed by atoms with E-state index in [9.17, 15) is 24.1 Å². The van der Waals surface area contributed by atoms with E-state index < -0.39 is 29.2 Å². The van der Waals surface area contributed by atoms with Crippen molar-refractivity contribution in [1.82, 2.24) is 5.32 Å². The highest BCUT2D eigenvalue weighted by molar-refractivity contribution is 5.93. The van der Waals surface area contributed by atoms with Crippen LogP contribution in [0.1, 0.15) is 35.2 Å². The molecule has 8 nitrogen and oxygen atoms in total. The van der Waals surface area contributed by atoms with Crippen LogP contribution in [0.25, 0.3) is 0 Å². The third kappa shape index (κ3) is 5.31. The second kappa shape index (κ2) is 9.82. The van der Waals surface area contributed by atoms with E-state index in [1.54, 1.807) is 6.07 Å². The second-order valence-electron chi connectivity index (χ2n) is 6.95. The molecule has 0 aliphatic carbocycles. The molecule has 0 radical (unpaired) electrons. The van der Waals surface area contributed by atoms with Gasteiger partial charge in [0.15, 0.2) is 6.61 Å². The van der Waals surface area contributed by atoms with Gasteiger partial charge in [-0.2, -0.15) is 0 Å². The Kier molecular flexibility index (Phi) is 6.95. The molecule has 0 unspecified atom stereocenters. The number of hydrogen-bond acceptors (Lipinski definition) is 6. The highest BCUT2D eigenvalue weighted by Gasteiger charge is 2.23. The number of ether oxygens (including phenoxy) is 1. The van der Waals surface area contributed by atoms with E-state index in [4.69, 9.17) is 4.74 Å². The summed E-state index contributed by atoms with van der Waals surface area (Å²) in [7, 11) is 0. The van der Waals surface area contributed by atoms with Crippen molar-refractivity contribution in [2.24, 2.45) is 0 Å². The molecule has 1 aliphatic heterocycles. The number of rotatable bonds is 7. The minimum absolute atomic E-state index is 0.00985. The SMILES string of the molecule is O=C(COC(=O)c1ccc(N2CCCCC2)c([N+](=O)[O-])c1)NCc1ccccc1F. The Morgan fingerprint density at radius 3 is 2.57 bits per heavy atom. The van der Waals surface area contributed by atoms with Gasteiger partial charge in [0, 0.05) is 31.3 Å². The lowest BCUT2D eigenvalue weighted by Crippen LogP contribution is -2.30. The van der Waals surface area contributed by atoms with Gasteiger partial charge in [-0.25, -0.2) is 9.18 Å².